The Morgan fingerprint density at radius 3 is 2.30 bits per heavy atom. The number of thioether (sulfide) groups is 1. The molecule has 0 aliphatic carbocycles. The second kappa shape index (κ2) is 1.80. The van der Waals surface area contributed by atoms with E-state index < -0.39 is 0 Å². The number of hydrogen-bond acceptors (Lipinski definition) is 2. The first-order valence-electron chi connectivity index (χ1n) is 3.87. The summed E-state index contributed by atoms with van der Waals surface area (Å²) in [7, 11) is 0. The summed E-state index contributed by atoms with van der Waals surface area (Å²) in [6.45, 7) is 2.03. The van der Waals surface area contributed by atoms with Gasteiger partial charge in [0, 0.05) is 22.3 Å². The van der Waals surface area contributed by atoms with Gasteiger partial charge in [0.05, 0.1) is 13.2 Å². The molecule has 0 aromatic rings. The van der Waals surface area contributed by atoms with Gasteiger partial charge in [0.2, 0.25) is 0 Å². The van der Waals surface area contributed by atoms with E-state index in [0.717, 1.165) is 35.5 Å². The molecule has 0 aromatic heterocycles. The van der Waals surface area contributed by atoms with E-state index in [-0.39, 0.29) is 0 Å². The third kappa shape index (κ3) is 0.547. The molecule has 1 nitrogen and oxygen atoms in total. The molecule has 0 spiro atoms. The third-order valence-electron chi connectivity index (χ3n) is 2.82. The van der Waals surface area contributed by atoms with Crippen LogP contribution in [0.2, 0.25) is 0 Å². The molecule has 0 saturated carbocycles. The van der Waals surface area contributed by atoms with E-state index in [2.05, 4.69) is 23.9 Å². The highest BCUT2D eigenvalue weighted by Gasteiger charge is 2.48. The van der Waals surface area contributed by atoms with Gasteiger partial charge in [-0.3, -0.25) is 0 Å². The second-order valence-electron chi connectivity index (χ2n) is 3.32. The van der Waals surface area contributed by atoms with Gasteiger partial charge < -0.3 is 4.74 Å². The number of ether oxygens (including phenoxy) is 1. The lowest BCUT2D eigenvalue weighted by Crippen LogP contribution is -2.21. The summed E-state index contributed by atoms with van der Waals surface area (Å²) >= 11 is 2.13. The molecule has 0 radical (unpaired) electrons. The fourth-order valence-electron chi connectivity index (χ4n) is 2.24. The summed E-state index contributed by atoms with van der Waals surface area (Å²) in [6, 6.07) is 0. The van der Waals surface area contributed by atoms with Crippen molar-refractivity contribution in [3.8, 4) is 0 Å². The van der Waals surface area contributed by atoms with Gasteiger partial charge >= 0.3 is 0 Å². The van der Waals surface area contributed by atoms with Gasteiger partial charge in [-0.15, -0.1) is 11.8 Å². The fraction of sp³-hybridized carbons (Fsp3) is 0.750. The van der Waals surface area contributed by atoms with Crippen LogP contribution >= 0.6 is 11.8 Å². The lowest BCUT2D eigenvalue weighted by atomic mass is 9.86. The van der Waals surface area contributed by atoms with Crippen LogP contribution in [0.3, 0.4) is 0 Å². The van der Waals surface area contributed by atoms with Crippen LogP contribution in [0, 0.1) is 11.8 Å². The van der Waals surface area contributed by atoms with E-state index >= 15 is 0 Å². The average Bonchev–Trinajstić information content (AvgIpc) is 2.60. The van der Waals surface area contributed by atoms with Crippen LogP contribution in [-0.2, 0) is 4.74 Å². The van der Waals surface area contributed by atoms with Crippen LogP contribution in [0.1, 0.15) is 0 Å². The van der Waals surface area contributed by atoms with Crippen LogP contribution in [-0.4, -0.2) is 23.7 Å². The molecule has 4 atom stereocenters. The zero-order chi connectivity index (χ0) is 6.55. The molecule has 2 saturated heterocycles. The van der Waals surface area contributed by atoms with Crippen molar-refractivity contribution in [3.05, 3.63) is 12.2 Å². The summed E-state index contributed by atoms with van der Waals surface area (Å²) in [4.78, 5) is 0. The first-order chi connectivity index (χ1) is 4.95. The Bertz CT molecular complexity index is 172. The molecular formula is C8H10OS. The maximum absolute atomic E-state index is 5.44. The zero-order valence-electron chi connectivity index (χ0n) is 5.69. The van der Waals surface area contributed by atoms with Crippen molar-refractivity contribution in [2.24, 2.45) is 11.8 Å². The Balaban J connectivity index is 1.99. The molecule has 10 heavy (non-hydrogen) atoms. The minimum atomic E-state index is 0.803. The molecule has 0 aromatic carbocycles. The van der Waals surface area contributed by atoms with Gasteiger partial charge in [0.25, 0.3) is 0 Å². The van der Waals surface area contributed by atoms with E-state index in [4.69, 9.17) is 4.74 Å². The number of fused-ring (bicyclic) bond motifs is 5. The minimum absolute atomic E-state index is 0.803. The smallest absolute Gasteiger partial charge is 0.0512 e. The summed E-state index contributed by atoms with van der Waals surface area (Å²) in [5.74, 6) is 1.72. The fourth-order valence-corrected chi connectivity index (χ4v) is 3.93. The van der Waals surface area contributed by atoms with Crippen LogP contribution < -0.4 is 0 Å². The zero-order valence-corrected chi connectivity index (χ0v) is 6.51. The summed E-state index contributed by atoms with van der Waals surface area (Å²) in [5.41, 5.74) is 0. The molecule has 2 bridgehead atoms. The van der Waals surface area contributed by atoms with Crippen molar-refractivity contribution in [1.29, 1.82) is 0 Å². The molecule has 0 amide bonds. The van der Waals surface area contributed by atoms with Crippen molar-refractivity contribution < 1.29 is 4.74 Å². The van der Waals surface area contributed by atoms with E-state index in [1.807, 2.05) is 0 Å². The van der Waals surface area contributed by atoms with E-state index in [1.165, 1.54) is 0 Å². The number of hydrogen-bond donors (Lipinski definition) is 0. The first kappa shape index (κ1) is 5.67. The SMILES string of the molecule is C1=CC2SC1C1COCC21. The summed E-state index contributed by atoms with van der Waals surface area (Å²) < 4.78 is 5.44. The normalized spacial score (nSPS) is 56.0. The van der Waals surface area contributed by atoms with Crippen molar-refractivity contribution in [1.82, 2.24) is 0 Å². The van der Waals surface area contributed by atoms with Gasteiger partial charge in [-0.25, -0.2) is 0 Å². The van der Waals surface area contributed by atoms with Crippen LogP contribution in [0.15, 0.2) is 12.2 Å². The average molecular weight is 154 g/mol. The van der Waals surface area contributed by atoms with Crippen molar-refractivity contribution in [3.63, 3.8) is 0 Å². The Kier molecular flexibility index (Phi) is 1.02. The standard InChI is InChI=1S/C8H10OS/c1-2-8-6-4-9-3-5(6)7(1)10-8/h1-2,5-8H,3-4H2. The molecule has 0 N–H and O–H groups in total. The molecule has 3 aliphatic rings. The van der Waals surface area contributed by atoms with E-state index in [0.29, 0.717) is 0 Å². The second-order valence-corrected chi connectivity index (χ2v) is 4.68. The molecule has 2 fully saturated rings. The first-order valence-corrected chi connectivity index (χ1v) is 4.81. The molecule has 4 unspecified atom stereocenters. The lowest BCUT2D eigenvalue weighted by Gasteiger charge is -2.14. The molecule has 3 aliphatic heterocycles. The molecular weight excluding hydrogens is 144 g/mol. The third-order valence-corrected chi connectivity index (χ3v) is 4.46. The monoisotopic (exact) mass is 154 g/mol. The van der Waals surface area contributed by atoms with Gasteiger partial charge in [0.1, 0.15) is 0 Å². The predicted octanol–water partition coefficient (Wildman–Crippen LogP) is 1.30. The highest BCUT2D eigenvalue weighted by Crippen LogP contribution is 2.51. The Morgan fingerprint density at radius 2 is 1.70 bits per heavy atom. The predicted molar refractivity (Wildman–Crippen MR) is 42.1 cm³/mol. The van der Waals surface area contributed by atoms with Crippen molar-refractivity contribution in [2.45, 2.75) is 10.5 Å². The van der Waals surface area contributed by atoms with E-state index in [9.17, 15) is 0 Å². The molecule has 3 heterocycles. The van der Waals surface area contributed by atoms with Crippen LogP contribution in [0.25, 0.3) is 0 Å². The topological polar surface area (TPSA) is 9.23 Å². The van der Waals surface area contributed by atoms with Crippen molar-refractivity contribution in [2.75, 3.05) is 13.2 Å². The maximum atomic E-state index is 5.44. The lowest BCUT2D eigenvalue weighted by molar-refractivity contribution is 0.181. The van der Waals surface area contributed by atoms with Gasteiger partial charge in [-0.1, -0.05) is 12.2 Å². The minimum Gasteiger partial charge on any atom is -0.381 e. The Labute approximate surface area is 64.8 Å². The molecule has 3 rings (SSSR count). The molecule has 54 valence electrons. The quantitative estimate of drug-likeness (QED) is 0.486. The Hall–Kier alpha value is 0.0500. The van der Waals surface area contributed by atoms with Crippen LogP contribution in [0.4, 0.5) is 0 Å². The van der Waals surface area contributed by atoms with Crippen LogP contribution in [0.5, 0.6) is 0 Å². The van der Waals surface area contributed by atoms with Gasteiger partial charge in [0.15, 0.2) is 0 Å². The highest BCUT2D eigenvalue weighted by molar-refractivity contribution is 8.01. The highest BCUT2D eigenvalue weighted by atomic mass is 32.2. The van der Waals surface area contributed by atoms with Gasteiger partial charge in [-0.05, 0) is 0 Å². The Morgan fingerprint density at radius 1 is 1.10 bits per heavy atom. The largest absolute Gasteiger partial charge is 0.381 e. The van der Waals surface area contributed by atoms with Gasteiger partial charge in [-0.2, -0.15) is 0 Å². The number of rotatable bonds is 0. The van der Waals surface area contributed by atoms with E-state index in [1.54, 1.807) is 0 Å². The maximum Gasteiger partial charge on any atom is 0.0512 e. The summed E-state index contributed by atoms with van der Waals surface area (Å²) in [5, 5.41) is 1.61. The van der Waals surface area contributed by atoms with Crippen molar-refractivity contribution >= 4 is 11.8 Å². The summed E-state index contributed by atoms with van der Waals surface area (Å²) in [6.07, 6.45) is 4.73. The molecule has 2 heteroatoms.